The summed E-state index contributed by atoms with van der Waals surface area (Å²) in [6.07, 6.45) is 5.22. The van der Waals surface area contributed by atoms with Crippen molar-refractivity contribution in [3.8, 4) is 0 Å². The highest BCUT2D eigenvalue weighted by molar-refractivity contribution is 6.10. The van der Waals surface area contributed by atoms with Gasteiger partial charge in [0, 0.05) is 5.56 Å². The molecule has 0 saturated heterocycles. The number of carbonyl (C=O) groups excluding carboxylic acids is 1. The van der Waals surface area contributed by atoms with Crippen LogP contribution in [0.3, 0.4) is 0 Å². The number of carbonyl (C=O) groups is 1. The molecule has 1 aliphatic rings. The molecule has 2 aromatic carbocycles. The molecule has 0 heterocycles. The second kappa shape index (κ2) is 5.00. The standard InChI is InChI=1S/C18H18O/c1-13-6-8-15(9-7-13)18(19)17-11-10-14-4-2-3-5-16(14)12-17/h2-5,8,10-13H,6-7,9H2,1H3. The van der Waals surface area contributed by atoms with Crippen molar-refractivity contribution in [1.82, 2.24) is 0 Å². The zero-order valence-corrected chi connectivity index (χ0v) is 11.2. The molecule has 0 saturated carbocycles. The second-order valence-electron chi connectivity index (χ2n) is 5.50. The highest BCUT2D eigenvalue weighted by atomic mass is 16.1. The van der Waals surface area contributed by atoms with Gasteiger partial charge in [0.05, 0.1) is 0 Å². The van der Waals surface area contributed by atoms with Gasteiger partial charge in [0.25, 0.3) is 0 Å². The van der Waals surface area contributed by atoms with E-state index >= 15 is 0 Å². The summed E-state index contributed by atoms with van der Waals surface area (Å²) in [5.41, 5.74) is 1.81. The van der Waals surface area contributed by atoms with Crippen molar-refractivity contribution in [3.05, 3.63) is 59.7 Å². The zero-order valence-electron chi connectivity index (χ0n) is 11.2. The van der Waals surface area contributed by atoms with Crippen LogP contribution >= 0.6 is 0 Å². The monoisotopic (exact) mass is 250 g/mol. The van der Waals surface area contributed by atoms with Crippen molar-refractivity contribution in [2.45, 2.75) is 26.2 Å². The average molecular weight is 250 g/mol. The van der Waals surface area contributed by atoms with Gasteiger partial charge >= 0.3 is 0 Å². The van der Waals surface area contributed by atoms with E-state index in [0.29, 0.717) is 5.92 Å². The molecule has 0 N–H and O–H groups in total. The van der Waals surface area contributed by atoms with E-state index in [0.717, 1.165) is 35.8 Å². The first-order chi connectivity index (χ1) is 9.24. The SMILES string of the molecule is CC1CC=C(C(=O)c2ccc3ccccc3c2)CC1. The summed E-state index contributed by atoms with van der Waals surface area (Å²) in [7, 11) is 0. The van der Waals surface area contributed by atoms with Gasteiger partial charge in [0.2, 0.25) is 0 Å². The molecule has 1 unspecified atom stereocenters. The van der Waals surface area contributed by atoms with Gasteiger partial charge < -0.3 is 0 Å². The van der Waals surface area contributed by atoms with Crippen molar-refractivity contribution in [2.75, 3.05) is 0 Å². The Kier molecular flexibility index (Phi) is 3.20. The summed E-state index contributed by atoms with van der Waals surface area (Å²) in [4.78, 5) is 12.5. The zero-order chi connectivity index (χ0) is 13.2. The van der Waals surface area contributed by atoms with Gasteiger partial charge in [0.1, 0.15) is 0 Å². The van der Waals surface area contributed by atoms with Gasteiger partial charge in [-0.15, -0.1) is 0 Å². The number of ketones is 1. The normalized spacial score (nSPS) is 19.2. The largest absolute Gasteiger partial charge is 0.289 e. The van der Waals surface area contributed by atoms with Crippen LogP contribution in [0.1, 0.15) is 36.5 Å². The fourth-order valence-corrected chi connectivity index (χ4v) is 2.69. The van der Waals surface area contributed by atoms with E-state index in [1.807, 2.05) is 30.3 Å². The average Bonchev–Trinajstić information content (AvgIpc) is 2.47. The summed E-state index contributed by atoms with van der Waals surface area (Å²) < 4.78 is 0. The number of fused-ring (bicyclic) bond motifs is 1. The van der Waals surface area contributed by atoms with Crippen molar-refractivity contribution >= 4 is 16.6 Å². The Labute approximate surface area is 113 Å². The molecule has 96 valence electrons. The lowest BCUT2D eigenvalue weighted by Gasteiger charge is -2.17. The molecule has 19 heavy (non-hydrogen) atoms. The van der Waals surface area contributed by atoms with Crippen LogP contribution in [-0.2, 0) is 0 Å². The number of hydrogen-bond acceptors (Lipinski definition) is 1. The predicted octanol–water partition coefficient (Wildman–Crippen LogP) is 4.77. The molecular weight excluding hydrogens is 232 g/mol. The van der Waals surface area contributed by atoms with Crippen LogP contribution in [0, 0.1) is 5.92 Å². The summed E-state index contributed by atoms with van der Waals surface area (Å²) >= 11 is 0. The molecule has 0 radical (unpaired) electrons. The molecule has 1 aliphatic carbocycles. The topological polar surface area (TPSA) is 17.1 Å². The van der Waals surface area contributed by atoms with E-state index in [9.17, 15) is 4.79 Å². The maximum Gasteiger partial charge on any atom is 0.188 e. The molecule has 0 fully saturated rings. The highest BCUT2D eigenvalue weighted by Gasteiger charge is 2.17. The third kappa shape index (κ3) is 2.46. The maximum atomic E-state index is 12.5. The van der Waals surface area contributed by atoms with Crippen LogP contribution < -0.4 is 0 Å². The fourth-order valence-electron chi connectivity index (χ4n) is 2.69. The van der Waals surface area contributed by atoms with Gasteiger partial charge in [-0.3, -0.25) is 4.79 Å². The summed E-state index contributed by atoms with van der Waals surface area (Å²) in [6.45, 7) is 2.24. The molecule has 0 aromatic heterocycles. The summed E-state index contributed by atoms with van der Waals surface area (Å²) in [5, 5.41) is 2.32. The van der Waals surface area contributed by atoms with Crippen molar-refractivity contribution in [1.29, 1.82) is 0 Å². The van der Waals surface area contributed by atoms with E-state index in [2.05, 4.69) is 25.1 Å². The Morgan fingerprint density at radius 2 is 1.89 bits per heavy atom. The Balaban J connectivity index is 1.93. The van der Waals surface area contributed by atoms with Crippen molar-refractivity contribution in [3.63, 3.8) is 0 Å². The third-order valence-corrected chi connectivity index (χ3v) is 3.98. The molecule has 2 aromatic rings. The summed E-state index contributed by atoms with van der Waals surface area (Å²) in [6, 6.07) is 14.2. The van der Waals surface area contributed by atoms with Gasteiger partial charge in [-0.25, -0.2) is 0 Å². The first kappa shape index (κ1) is 12.2. The number of rotatable bonds is 2. The van der Waals surface area contributed by atoms with E-state index in [1.165, 1.54) is 5.39 Å². The lowest BCUT2D eigenvalue weighted by atomic mass is 9.87. The molecule has 0 bridgehead atoms. The first-order valence-electron chi connectivity index (χ1n) is 6.96. The lowest BCUT2D eigenvalue weighted by molar-refractivity contribution is 0.102. The molecule has 1 nitrogen and oxygen atoms in total. The highest BCUT2D eigenvalue weighted by Crippen LogP contribution is 2.26. The van der Waals surface area contributed by atoms with Gasteiger partial charge in [-0.05, 0) is 47.6 Å². The van der Waals surface area contributed by atoms with Crippen molar-refractivity contribution < 1.29 is 4.79 Å². The third-order valence-electron chi connectivity index (χ3n) is 3.98. The van der Waals surface area contributed by atoms with Crippen molar-refractivity contribution in [2.24, 2.45) is 5.92 Å². The minimum absolute atomic E-state index is 0.206. The van der Waals surface area contributed by atoms with Gasteiger partial charge in [0.15, 0.2) is 5.78 Å². The van der Waals surface area contributed by atoms with Crippen LogP contribution in [0.25, 0.3) is 10.8 Å². The number of benzene rings is 2. The number of allylic oxidation sites excluding steroid dienone is 2. The molecule has 0 amide bonds. The molecule has 3 rings (SSSR count). The molecule has 0 aliphatic heterocycles. The van der Waals surface area contributed by atoms with E-state index in [4.69, 9.17) is 0 Å². The summed E-state index contributed by atoms with van der Waals surface area (Å²) in [5.74, 6) is 0.922. The predicted molar refractivity (Wildman–Crippen MR) is 79.4 cm³/mol. The van der Waals surface area contributed by atoms with Gasteiger partial charge in [-0.1, -0.05) is 49.4 Å². The molecule has 1 atom stereocenters. The number of hydrogen-bond donors (Lipinski definition) is 0. The lowest BCUT2D eigenvalue weighted by Crippen LogP contribution is -2.10. The van der Waals surface area contributed by atoms with Gasteiger partial charge in [-0.2, -0.15) is 0 Å². The van der Waals surface area contributed by atoms with Crippen LogP contribution in [0.5, 0.6) is 0 Å². The minimum atomic E-state index is 0.206. The van der Waals surface area contributed by atoms with E-state index in [-0.39, 0.29) is 5.78 Å². The Morgan fingerprint density at radius 3 is 2.63 bits per heavy atom. The van der Waals surface area contributed by atoms with Crippen LogP contribution in [0.4, 0.5) is 0 Å². The maximum absolute atomic E-state index is 12.5. The van der Waals surface area contributed by atoms with Crippen LogP contribution in [0.2, 0.25) is 0 Å². The quantitative estimate of drug-likeness (QED) is 0.702. The molecule has 1 heteroatoms. The Bertz CT molecular complexity index is 652. The first-order valence-corrected chi connectivity index (χ1v) is 6.96. The number of Topliss-reactive ketones (excluding diaryl/α,β-unsaturated/α-hetero) is 1. The van der Waals surface area contributed by atoms with Crippen LogP contribution in [-0.4, -0.2) is 5.78 Å². The van der Waals surface area contributed by atoms with E-state index in [1.54, 1.807) is 0 Å². The molecule has 0 spiro atoms. The Morgan fingerprint density at radius 1 is 1.11 bits per heavy atom. The smallest absolute Gasteiger partial charge is 0.188 e. The second-order valence-corrected chi connectivity index (χ2v) is 5.50. The molecular formula is C18H18O. The fraction of sp³-hybridized carbons (Fsp3) is 0.278. The van der Waals surface area contributed by atoms with E-state index < -0.39 is 0 Å². The minimum Gasteiger partial charge on any atom is -0.289 e. The van der Waals surface area contributed by atoms with Crippen LogP contribution in [0.15, 0.2) is 54.1 Å². The Hall–Kier alpha value is -1.89.